The molecule has 0 amide bonds. The summed E-state index contributed by atoms with van der Waals surface area (Å²) in [6.07, 6.45) is 0. The summed E-state index contributed by atoms with van der Waals surface area (Å²) in [5.74, 6) is 0. The first kappa shape index (κ1) is 26.4. The Bertz CT molecular complexity index is 6.00. The molecule has 0 saturated heterocycles. The molecule has 0 aromatic heterocycles. The van der Waals surface area contributed by atoms with E-state index in [2.05, 4.69) is 0 Å². The Morgan fingerprint density at radius 1 is 0.750 bits per heavy atom. The van der Waals surface area contributed by atoms with Crippen LogP contribution in [-0.2, 0) is 0 Å². The molecule has 0 saturated carbocycles. The molecule has 0 aliphatic carbocycles. The zero-order valence-corrected chi connectivity index (χ0v) is 14.5. The van der Waals surface area contributed by atoms with Crippen LogP contribution < -0.4 is 0 Å². The summed E-state index contributed by atoms with van der Waals surface area (Å²) in [5.41, 5.74) is 0. The minimum atomic E-state index is 0. The first-order chi connectivity index (χ1) is 0. The van der Waals surface area contributed by atoms with E-state index in [1.807, 2.05) is 0 Å². The zero-order valence-electron chi connectivity index (χ0n) is 2.02. The fraction of sp³-hybridized carbons (Fsp3) is 0. The average Bonchev–Trinajstić information content (AvgIpc) is 0. The Morgan fingerprint density at radius 3 is 0.750 bits per heavy atom. The maximum atomic E-state index is 0. The van der Waals surface area contributed by atoms with Crippen molar-refractivity contribution in [3.8, 4) is 0 Å². The molecule has 14 radical (unpaired) electrons. The van der Waals surface area contributed by atoms with Crippen molar-refractivity contribution in [2.24, 2.45) is 0 Å². The normalized spacial score (nSPS) is 0. The van der Waals surface area contributed by atoms with Gasteiger partial charge in [0, 0.05) is 99.9 Å². The third kappa shape index (κ3) is 9.02. The fourth-order valence-corrected chi connectivity index (χ4v) is 0. The maximum absolute atomic E-state index is 0. The Kier molecular flexibility index (Phi) is 107. The number of hydrogen-bond acceptors (Lipinski definition) is 0. The zero-order chi connectivity index (χ0) is 0. The number of rotatable bonds is 0. The summed E-state index contributed by atoms with van der Waals surface area (Å²) in [4.78, 5) is 0. The van der Waals surface area contributed by atoms with Crippen LogP contribution in [0, 0.1) is 0 Å². The summed E-state index contributed by atoms with van der Waals surface area (Å²) >= 11 is 0. The van der Waals surface area contributed by atoms with Crippen LogP contribution in [0.5, 0.6) is 0 Å². The van der Waals surface area contributed by atoms with E-state index in [0.717, 1.165) is 0 Å². The SMILES string of the molecule is [Bi].[In].[Sn].[Sn]. The van der Waals surface area contributed by atoms with Gasteiger partial charge in [-0.15, -0.1) is 0 Å². The molecular formula is BiInSn2. The molecule has 0 aliphatic rings. The van der Waals surface area contributed by atoms with Gasteiger partial charge in [0.05, 0.1) is 0 Å². The van der Waals surface area contributed by atoms with E-state index >= 15 is 0 Å². The quantitative estimate of drug-likeness (QED) is 0.316. The van der Waals surface area contributed by atoms with Crippen LogP contribution in [0.4, 0.5) is 0 Å². The molecule has 0 aromatic carbocycles. The first-order valence-electron chi connectivity index (χ1n) is 0. The molecule has 4 heavy (non-hydrogen) atoms. The molecule has 0 heterocycles. The molecule has 0 spiro atoms. The van der Waals surface area contributed by atoms with Crippen molar-refractivity contribution >= 4 is 99.9 Å². The van der Waals surface area contributed by atoms with Gasteiger partial charge in [0.2, 0.25) is 0 Å². The second-order valence-electron chi connectivity index (χ2n) is 0. The Labute approximate surface area is 97.7 Å². The van der Waals surface area contributed by atoms with Gasteiger partial charge >= 0.3 is 0 Å². The van der Waals surface area contributed by atoms with Crippen molar-refractivity contribution < 1.29 is 0 Å². The van der Waals surface area contributed by atoms with Gasteiger partial charge in [-0.1, -0.05) is 0 Å². The van der Waals surface area contributed by atoms with Crippen LogP contribution in [0.3, 0.4) is 0 Å². The second kappa shape index (κ2) is 16.2. The van der Waals surface area contributed by atoms with E-state index in [1.165, 1.54) is 0 Å². The third-order valence-corrected chi connectivity index (χ3v) is 0. The molecule has 16 valence electrons. The topological polar surface area (TPSA) is 0 Å². The molecule has 0 atom stereocenters. The van der Waals surface area contributed by atoms with Gasteiger partial charge in [-0.2, -0.15) is 0 Å². The molecule has 4 heteroatoms. The molecule has 0 N–H and O–H groups in total. The van der Waals surface area contributed by atoms with Crippen molar-refractivity contribution in [2.75, 3.05) is 0 Å². The minimum Gasteiger partial charge on any atom is 0 e. The van der Waals surface area contributed by atoms with Crippen LogP contribution in [-0.4, -0.2) is 99.9 Å². The smallest absolute Gasteiger partial charge is 0 e. The van der Waals surface area contributed by atoms with Crippen molar-refractivity contribution in [3.05, 3.63) is 0 Å². The summed E-state index contributed by atoms with van der Waals surface area (Å²) in [6, 6.07) is 0. The Balaban J connectivity index is 0. The van der Waals surface area contributed by atoms with Crippen LogP contribution >= 0.6 is 0 Å². The van der Waals surface area contributed by atoms with Gasteiger partial charge in [0.25, 0.3) is 0 Å². The maximum Gasteiger partial charge on any atom is 0 e. The molecule has 0 nitrogen and oxygen atoms in total. The van der Waals surface area contributed by atoms with Crippen molar-refractivity contribution in [1.82, 2.24) is 0 Å². The molecule has 0 fully saturated rings. The third-order valence-electron chi connectivity index (χ3n) is 0. The van der Waals surface area contributed by atoms with Gasteiger partial charge in [0.1, 0.15) is 0 Å². The summed E-state index contributed by atoms with van der Waals surface area (Å²) < 4.78 is 0. The van der Waals surface area contributed by atoms with Crippen LogP contribution in [0.15, 0.2) is 0 Å². The van der Waals surface area contributed by atoms with Gasteiger partial charge in [-0.05, 0) is 0 Å². The van der Waals surface area contributed by atoms with Crippen molar-refractivity contribution in [3.63, 3.8) is 0 Å². The van der Waals surface area contributed by atoms with E-state index in [0.29, 0.717) is 0 Å². The predicted molar refractivity (Wildman–Crippen MR) is 23.0 cm³/mol. The Morgan fingerprint density at radius 2 is 0.750 bits per heavy atom. The monoisotopic (exact) mass is 564 g/mol. The Hall–Kier alpha value is 3.35. The van der Waals surface area contributed by atoms with E-state index in [4.69, 9.17) is 0 Å². The van der Waals surface area contributed by atoms with Crippen molar-refractivity contribution in [2.45, 2.75) is 0 Å². The molecule has 0 unspecified atom stereocenters. The van der Waals surface area contributed by atoms with Crippen molar-refractivity contribution in [1.29, 1.82) is 0 Å². The van der Waals surface area contributed by atoms with Gasteiger partial charge < -0.3 is 0 Å². The predicted octanol–water partition coefficient (Wildman–Crippen LogP) is -1.52. The standard InChI is InChI=1S/Bi.In.2Sn. The van der Waals surface area contributed by atoms with Gasteiger partial charge in [-0.25, -0.2) is 0 Å². The summed E-state index contributed by atoms with van der Waals surface area (Å²) in [7, 11) is 0. The first-order valence-corrected chi connectivity index (χ1v) is 0. The second-order valence-corrected chi connectivity index (χ2v) is 0. The molecule has 0 bridgehead atoms. The molecule has 0 rings (SSSR count). The minimum absolute atomic E-state index is 0. The van der Waals surface area contributed by atoms with Crippen LogP contribution in [0.1, 0.15) is 0 Å². The molecular weight excluding hydrogens is 561 g/mol. The summed E-state index contributed by atoms with van der Waals surface area (Å²) in [5, 5.41) is 0. The van der Waals surface area contributed by atoms with Crippen LogP contribution in [0.2, 0.25) is 0 Å². The van der Waals surface area contributed by atoms with E-state index < -0.39 is 0 Å². The van der Waals surface area contributed by atoms with Gasteiger partial charge in [0.15, 0.2) is 0 Å². The molecule has 0 aromatic rings. The number of hydrogen-bond donors (Lipinski definition) is 0. The van der Waals surface area contributed by atoms with E-state index in [1.54, 1.807) is 0 Å². The molecule has 0 aliphatic heterocycles. The van der Waals surface area contributed by atoms with E-state index in [9.17, 15) is 0 Å². The van der Waals surface area contributed by atoms with E-state index in [-0.39, 0.29) is 99.9 Å². The largest absolute Gasteiger partial charge is 0 e. The fourth-order valence-electron chi connectivity index (χ4n) is 0. The van der Waals surface area contributed by atoms with Gasteiger partial charge in [-0.3, -0.25) is 0 Å². The average molecular weight is 561 g/mol. The van der Waals surface area contributed by atoms with Crippen LogP contribution in [0.25, 0.3) is 0 Å². The summed E-state index contributed by atoms with van der Waals surface area (Å²) in [6.45, 7) is 0.